The summed E-state index contributed by atoms with van der Waals surface area (Å²) in [4.78, 5) is 39.0. The first-order chi connectivity index (χ1) is 15.6. The maximum Gasteiger partial charge on any atom is 0.410 e. The molecule has 0 aromatic carbocycles. The summed E-state index contributed by atoms with van der Waals surface area (Å²) in [7, 11) is 3.08. The molecule has 2 amide bonds. The molecule has 1 aliphatic heterocycles. The van der Waals surface area contributed by atoms with Crippen LogP contribution < -0.4 is 5.32 Å². The predicted molar refractivity (Wildman–Crippen MR) is 121 cm³/mol. The molecule has 0 radical (unpaired) electrons. The van der Waals surface area contributed by atoms with Gasteiger partial charge in [-0.15, -0.1) is 0 Å². The largest absolute Gasteiger partial charge is 0.444 e. The number of halogens is 1. The van der Waals surface area contributed by atoms with Gasteiger partial charge in [-0.1, -0.05) is 11.6 Å². The van der Waals surface area contributed by atoms with Gasteiger partial charge in [-0.25, -0.2) is 19.7 Å². The molecule has 0 unspecified atom stereocenters. The van der Waals surface area contributed by atoms with Crippen LogP contribution >= 0.6 is 11.6 Å². The number of nitrogens with one attached hydrogen (secondary N) is 1. The van der Waals surface area contributed by atoms with Gasteiger partial charge < -0.3 is 19.5 Å². The van der Waals surface area contributed by atoms with E-state index in [0.29, 0.717) is 30.1 Å². The average Bonchev–Trinajstić information content (AvgIpc) is 2.77. The first-order valence-electron chi connectivity index (χ1n) is 10.4. The van der Waals surface area contributed by atoms with Crippen LogP contribution in [0.25, 0.3) is 11.4 Å². The Morgan fingerprint density at radius 3 is 2.67 bits per heavy atom. The lowest BCUT2D eigenvalue weighted by atomic mass is 9.99. The smallest absolute Gasteiger partial charge is 0.410 e. The minimum atomic E-state index is -0.634. The second kappa shape index (κ2) is 10.4. The van der Waals surface area contributed by atoms with E-state index in [0.717, 1.165) is 0 Å². The predicted octanol–water partition coefficient (Wildman–Crippen LogP) is 2.88. The summed E-state index contributed by atoms with van der Waals surface area (Å²) in [5, 5.41) is 2.75. The highest BCUT2D eigenvalue weighted by Gasteiger charge is 2.38. The minimum absolute atomic E-state index is 0.202. The number of carbonyl (C=O) groups excluding carboxylic acids is 2. The number of nitrogens with zero attached hydrogens (tertiary/aromatic N) is 4. The van der Waals surface area contributed by atoms with E-state index in [4.69, 9.17) is 25.8 Å². The van der Waals surface area contributed by atoms with Gasteiger partial charge in [0.05, 0.1) is 30.6 Å². The van der Waals surface area contributed by atoms with Crippen LogP contribution in [0.15, 0.2) is 24.5 Å². The minimum Gasteiger partial charge on any atom is -0.444 e. The van der Waals surface area contributed by atoms with Crippen molar-refractivity contribution in [3.8, 4) is 11.4 Å². The fraction of sp³-hybridized carbons (Fsp3) is 0.500. The second-order valence-corrected chi connectivity index (χ2v) is 8.85. The van der Waals surface area contributed by atoms with E-state index in [1.54, 1.807) is 24.1 Å². The van der Waals surface area contributed by atoms with Gasteiger partial charge >= 0.3 is 6.09 Å². The van der Waals surface area contributed by atoms with Crippen molar-refractivity contribution in [1.29, 1.82) is 0 Å². The summed E-state index contributed by atoms with van der Waals surface area (Å²) in [5.74, 6) is -0.343. The van der Waals surface area contributed by atoms with Crippen molar-refractivity contribution in [3.05, 3.63) is 40.9 Å². The van der Waals surface area contributed by atoms with Crippen molar-refractivity contribution in [3.63, 3.8) is 0 Å². The molecular formula is C22H28ClN5O5. The molecule has 1 N–H and O–H groups in total. The van der Waals surface area contributed by atoms with Crippen LogP contribution in [-0.4, -0.2) is 77.4 Å². The van der Waals surface area contributed by atoms with Gasteiger partial charge in [0, 0.05) is 20.7 Å². The lowest BCUT2D eigenvalue weighted by molar-refractivity contribution is -0.0941. The molecule has 2 aromatic heterocycles. The number of rotatable bonds is 5. The lowest BCUT2D eigenvalue weighted by Gasteiger charge is -2.41. The molecular weight excluding hydrogens is 450 g/mol. The second-order valence-electron chi connectivity index (χ2n) is 8.46. The Morgan fingerprint density at radius 1 is 1.24 bits per heavy atom. The molecule has 1 aliphatic rings. The third kappa shape index (κ3) is 6.16. The van der Waals surface area contributed by atoms with E-state index in [9.17, 15) is 9.59 Å². The Bertz CT molecular complexity index is 1010. The number of carbonyl (C=O) groups is 2. The topological polar surface area (TPSA) is 116 Å². The van der Waals surface area contributed by atoms with Crippen LogP contribution in [0.2, 0.25) is 5.15 Å². The Balaban J connectivity index is 1.97. The molecule has 33 heavy (non-hydrogen) atoms. The van der Waals surface area contributed by atoms with Crippen molar-refractivity contribution in [2.45, 2.75) is 38.5 Å². The molecule has 1 fully saturated rings. The molecule has 0 aliphatic carbocycles. The van der Waals surface area contributed by atoms with Gasteiger partial charge in [0.25, 0.3) is 5.91 Å². The Kier molecular flexibility index (Phi) is 7.83. The van der Waals surface area contributed by atoms with Gasteiger partial charge in [0.1, 0.15) is 28.9 Å². The summed E-state index contributed by atoms with van der Waals surface area (Å²) < 4.78 is 17.0. The third-order valence-electron chi connectivity index (χ3n) is 4.88. The van der Waals surface area contributed by atoms with Crippen LogP contribution in [0.1, 0.15) is 42.9 Å². The molecule has 0 spiro atoms. The van der Waals surface area contributed by atoms with Crippen molar-refractivity contribution >= 4 is 23.6 Å². The number of amides is 2. The molecule has 11 heteroatoms. The molecule has 0 saturated carbocycles. The molecule has 3 heterocycles. The number of hydrogen-bond acceptors (Lipinski definition) is 8. The molecule has 2 atom stereocenters. The molecule has 10 nitrogen and oxygen atoms in total. The third-order valence-corrected chi connectivity index (χ3v) is 5.07. The number of ether oxygens (including phenoxy) is 3. The first-order valence-corrected chi connectivity index (χ1v) is 10.8. The summed E-state index contributed by atoms with van der Waals surface area (Å²) in [6, 6.07) is 4.53. The molecule has 3 rings (SSSR count). The molecule has 1 saturated heterocycles. The standard InChI is InChI=1S/C22H28ClN5O5/c1-22(2,3)33-21(30)28-6-7-32-19(17(28)11-31-5)13-8-15(27-18(23)9-13)14-10-16(20(29)24-4)26-12-25-14/h8-10,12,17,19H,6-7,11H2,1-5H3,(H,24,29)/t17-,19-/m0/s1. The summed E-state index contributed by atoms with van der Waals surface area (Å²) >= 11 is 6.33. The maximum atomic E-state index is 12.9. The quantitative estimate of drug-likeness (QED) is 0.653. The summed E-state index contributed by atoms with van der Waals surface area (Å²) in [6.07, 6.45) is 0.312. The van der Waals surface area contributed by atoms with Crippen LogP contribution in [0, 0.1) is 0 Å². The van der Waals surface area contributed by atoms with Crippen LogP contribution in [0.3, 0.4) is 0 Å². The van der Waals surface area contributed by atoms with E-state index >= 15 is 0 Å². The maximum absolute atomic E-state index is 12.9. The molecule has 0 bridgehead atoms. The van der Waals surface area contributed by atoms with Gasteiger partial charge in [0.2, 0.25) is 0 Å². The first kappa shape index (κ1) is 24.8. The Morgan fingerprint density at radius 2 is 2.00 bits per heavy atom. The highest BCUT2D eigenvalue weighted by atomic mass is 35.5. The zero-order valence-corrected chi connectivity index (χ0v) is 20.0. The zero-order chi connectivity index (χ0) is 24.2. The lowest BCUT2D eigenvalue weighted by Crippen LogP contribution is -2.53. The highest BCUT2D eigenvalue weighted by Crippen LogP contribution is 2.33. The van der Waals surface area contributed by atoms with E-state index in [1.165, 1.54) is 19.4 Å². The van der Waals surface area contributed by atoms with Gasteiger partial charge in [-0.2, -0.15) is 0 Å². The summed E-state index contributed by atoms with van der Waals surface area (Å²) in [6.45, 7) is 6.36. The van der Waals surface area contributed by atoms with Crippen molar-refractivity contribution in [2.75, 3.05) is 33.9 Å². The van der Waals surface area contributed by atoms with E-state index in [2.05, 4.69) is 20.3 Å². The van der Waals surface area contributed by atoms with Crippen LogP contribution in [0.4, 0.5) is 4.79 Å². The number of aromatic nitrogens is 3. The van der Waals surface area contributed by atoms with Crippen molar-refractivity contribution < 1.29 is 23.8 Å². The summed E-state index contributed by atoms with van der Waals surface area (Å²) in [5.41, 5.74) is 1.13. The van der Waals surface area contributed by atoms with Crippen molar-refractivity contribution in [2.24, 2.45) is 0 Å². The average molecular weight is 478 g/mol. The SMILES string of the molecule is CNC(=O)c1cc(-c2cc([C@@H]3OCCN(C(=O)OC(C)(C)C)[C@H]3COC)cc(Cl)n2)ncn1. The highest BCUT2D eigenvalue weighted by molar-refractivity contribution is 6.29. The Labute approximate surface area is 197 Å². The number of morpholine rings is 1. The number of methoxy groups -OCH3 is 1. The van der Waals surface area contributed by atoms with Gasteiger partial charge in [0.15, 0.2) is 0 Å². The van der Waals surface area contributed by atoms with Gasteiger partial charge in [-0.3, -0.25) is 9.69 Å². The van der Waals surface area contributed by atoms with E-state index in [-0.39, 0.29) is 23.4 Å². The fourth-order valence-electron chi connectivity index (χ4n) is 3.49. The van der Waals surface area contributed by atoms with Gasteiger partial charge in [-0.05, 0) is 44.5 Å². The Hall–Kier alpha value is -2.82. The monoisotopic (exact) mass is 477 g/mol. The normalized spacial score (nSPS) is 18.7. The zero-order valence-electron chi connectivity index (χ0n) is 19.3. The number of pyridine rings is 1. The van der Waals surface area contributed by atoms with E-state index in [1.807, 2.05) is 20.8 Å². The van der Waals surface area contributed by atoms with Crippen LogP contribution in [-0.2, 0) is 14.2 Å². The van der Waals surface area contributed by atoms with Crippen molar-refractivity contribution in [1.82, 2.24) is 25.2 Å². The molecule has 178 valence electrons. The van der Waals surface area contributed by atoms with Crippen LogP contribution in [0.5, 0.6) is 0 Å². The van der Waals surface area contributed by atoms with E-state index < -0.39 is 23.8 Å². The number of hydrogen-bond donors (Lipinski definition) is 1. The fourth-order valence-corrected chi connectivity index (χ4v) is 3.71. The molecule has 2 aromatic rings.